The molecular formula is C23H32N6O3. The molecule has 32 heavy (non-hydrogen) atoms. The molecule has 2 aromatic rings. The van der Waals surface area contributed by atoms with Crippen LogP contribution in [0.2, 0.25) is 0 Å². The van der Waals surface area contributed by atoms with Crippen molar-refractivity contribution >= 4 is 5.91 Å². The van der Waals surface area contributed by atoms with Crippen LogP contribution < -0.4 is 15.6 Å². The lowest BCUT2D eigenvalue weighted by Crippen LogP contribution is -2.48. The van der Waals surface area contributed by atoms with E-state index in [0.29, 0.717) is 31.3 Å². The van der Waals surface area contributed by atoms with E-state index in [1.165, 1.54) is 0 Å². The quantitative estimate of drug-likeness (QED) is 0.730. The van der Waals surface area contributed by atoms with Crippen LogP contribution in [-0.2, 0) is 25.9 Å². The number of nitrogens with one attached hydrogen (secondary N) is 1. The molecule has 172 valence electrons. The Morgan fingerprint density at radius 2 is 1.97 bits per heavy atom. The lowest BCUT2D eigenvalue weighted by molar-refractivity contribution is 0.0903. The number of piperidine rings is 1. The smallest absolute Gasteiger partial charge is 0.271 e. The van der Waals surface area contributed by atoms with Crippen LogP contribution in [-0.4, -0.2) is 62.7 Å². The third-order valence-corrected chi connectivity index (χ3v) is 6.86. The molecule has 9 heteroatoms. The van der Waals surface area contributed by atoms with Crippen molar-refractivity contribution in [3.05, 3.63) is 39.4 Å². The summed E-state index contributed by atoms with van der Waals surface area (Å²) < 4.78 is 8.95. The van der Waals surface area contributed by atoms with Crippen molar-refractivity contribution < 1.29 is 9.53 Å². The molecule has 1 atom stereocenters. The van der Waals surface area contributed by atoms with Crippen molar-refractivity contribution in [1.29, 1.82) is 0 Å². The Morgan fingerprint density at radius 1 is 1.06 bits per heavy atom. The van der Waals surface area contributed by atoms with E-state index in [9.17, 15) is 9.59 Å². The van der Waals surface area contributed by atoms with Crippen molar-refractivity contribution in [2.45, 2.75) is 70.5 Å². The topological polar surface area (TPSA) is 94.3 Å². The van der Waals surface area contributed by atoms with Crippen LogP contribution in [0.5, 0.6) is 5.88 Å². The molecule has 1 amide bonds. The summed E-state index contributed by atoms with van der Waals surface area (Å²) in [5.41, 5.74) is 2.63. The minimum absolute atomic E-state index is 0.00141. The average Bonchev–Trinajstić information content (AvgIpc) is 3.26. The van der Waals surface area contributed by atoms with E-state index >= 15 is 0 Å². The largest absolute Gasteiger partial charge is 0.478 e. The van der Waals surface area contributed by atoms with Crippen LogP contribution >= 0.6 is 0 Å². The molecule has 2 aromatic heterocycles. The van der Waals surface area contributed by atoms with Crippen molar-refractivity contribution in [2.24, 2.45) is 0 Å². The fourth-order valence-electron chi connectivity index (χ4n) is 5.05. The van der Waals surface area contributed by atoms with Gasteiger partial charge in [0, 0.05) is 44.2 Å². The van der Waals surface area contributed by atoms with Crippen molar-refractivity contribution in [1.82, 2.24) is 29.8 Å². The molecule has 4 heterocycles. The Bertz CT molecular complexity index is 1010. The fourth-order valence-corrected chi connectivity index (χ4v) is 5.05. The number of aromatic nitrogens is 4. The SMILES string of the molecule is O=C(NCC1CCCCN1CCn1nc2c(cc1=O)CCCC2)c1cc2n(n1)CCCO2. The molecule has 1 fully saturated rings. The number of hydrogen-bond donors (Lipinski definition) is 1. The predicted molar refractivity (Wildman–Crippen MR) is 119 cm³/mol. The predicted octanol–water partition coefficient (Wildman–Crippen LogP) is 1.39. The lowest BCUT2D eigenvalue weighted by atomic mass is 9.97. The summed E-state index contributed by atoms with van der Waals surface area (Å²) in [5.74, 6) is 0.511. The number of carbonyl (C=O) groups excluding carboxylic acids is 1. The zero-order valence-electron chi connectivity index (χ0n) is 18.6. The summed E-state index contributed by atoms with van der Waals surface area (Å²) in [6.45, 7) is 4.36. The molecule has 1 aliphatic carbocycles. The third-order valence-electron chi connectivity index (χ3n) is 6.86. The number of amides is 1. The van der Waals surface area contributed by atoms with Crippen LogP contribution in [0.25, 0.3) is 0 Å². The molecule has 0 bridgehead atoms. The Labute approximate surface area is 187 Å². The molecule has 1 N–H and O–H groups in total. The monoisotopic (exact) mass is 440 g/mol. The van der Waals surface area contributed by atoms with Gasteiger partial charge in [-0.15, -0.1) is 0 Å². The molecule has 0 spiro atoms. The molecule has 0 radical (unpaired) electrons. The van der Waals surface area contributed by atoms with E-state index in [1.807, 2.05) is 0 Å². The Kier molecular flexibility index (Phi) is 6.25. The Balaban J connectivity index is 1.18. The molecule has 1 saturated heterocycles. The highest BCUT2D eigenvalue weighted by atomic mass is 16.5. The second-order valence-electron chi connectivity index (χ2n) is 9.07. The molecule has 0 saturated carbocycles. The van der Waals surface area contributed by atoms with Crippen molar-refractivity contribution in [2.75, 3.05) is 26.2 Å². The molecule has 5 rings (SSSR count). The first-order valence-electron chi connectivity index (χ1n) is 12.0. The van der Waals surface area contributed by atoms with Gasteiger partial charge in [-0.05, 0) is 50.6 Å². The summed E-state index contributed by atoms with van der Waals surface area (Å²) in [4.78, 5) is 27.5. The highest BCUT2D eigenvalue weighted by Crippen LogP contribution is 2.20. The van der Waals surface area contributed by atoms with Crippen LogP contribution in [0.1, 0.15) is 60.3 Å². The first kappa shape index (κ1) is 21.2. The number of rotatable bonds is 6. The summed E-state index contributed by atoms with van der Waals surface area (Å²) in [6.07, 6.45) is 8.48. The van der Waals surface area contributed by atoms with Crippen LogP contribution in [0, 0.1) is 0 Å². The zero-order chi connectivity index (χ0) is 21.9. The summed E-state index contributed by atoms with van der Waals surface area (Å²) in [6, 6.07) is 3.76. The summed E-state index contributed by atoms with van der Waals surface area (Å²) in [5, 5.41) is 12.1. The van der Waals surface area contributed by atoms with E-state index in [2.05, 4.69) is 20.4 Å². The fraction of sp³-hybridized carbons (Fsp3) is 0.652. The average molecular weight is 441 g/mol. The maximum atomic E-state index is 12.7. The standard InChI is InChI=1S/C23H32N6O3/c30-21-14-17-6-1-2-8-19(17)25-28(21)12-11-27-9-4-3-7-18(27)16-24-23(31)20-15-22-29(26-20)10-5-13-32-22/h14-15,18H,1-13,16H2,(H,24,31). The first-order valence-corrected chi connectivity index (χ1v) is 12.0. The van der Waals surface area contributed by atoms with E-state index in [1.54, 1.807) is 21.5 Å². The van der Waals surface area contributed by atoms with Gasteiger partial charge in [-0.2, -0.15) is 10.2 Å². The van der Waals surface area contributed by atoms with Gasteiger partial charge in [-0.1, -0.05) is 6.42 Å². The molecule has 3 aliphatic rings. The number of hydrogen-bond acceptors (Lipinski definition) is 6. The third kappa shape index (κ3) is 4.57. The van der Waals surface area contributed by atoms with Gasteiger partial charge < -0.3 is 10.1 Å². The molecule has 0 aromatic carbocycles. The van der Waals surface area contributed by atoms with E-state index < -0.39 is 0 Å². The summed E-state index contributed by atoms with van der Waals surface area (Å²) in [7, 11) is 0. The number of carbonyl (C=O) groups is 1. The van der Waals surface area contributed by atoms with Crippen LogP contribution in [0.3, 0.4) is 0 Å². The minimum atomic E-state index is -0.159. The van der Waals surface area contributed by atoms with Crippen molar-refractivity contribution in [3.63, 3.8) is 0 Å². The second-order valence-corrected chi connectivity index (χ2v) is 9.07. The van der Waals surface area contributed by atoms with Crippen molar-refractivity contribution in [3.8, 4) is 5.88 Å². The Morgan fingerprint density at radius 3 is 2.88 bits per heavy atom. The maximum absolute atomic E-state index is 12.7. The molecular weight excluding hydrogens is 408 g/mol. The highest BCUT2D eigenvalue weighted by Gasteiger charge is 2.24. The second kappa shape index (κ2) is 9.44. The van der Waals surface area contributed by atoms with Crippen LogP contribution in [0.4, 0.5) is 0 Å². The number of likely N-dealkylation sites (tertiary alicyclic amines) is 1. The molecule has 9 nitrogen and oxygen atoms in total. The number of nitrogens with zero attached hydrogens (tertiary/aromatic N) is 5. The lowest BCUT2D eigenvalue weighted by Gasteiger charge is -2.35. The van der Waals surface area contributed by atoms with Gasteiger partial charge >= 0.3 is 0 Å². The number of ether oxygens (including phenoxy) is 1. The number of aryl methyl sites for hydroxylation is 3. The zero-order valence-corrected chi connectivity index (χ0v) is 18.6. The Hall–Kier alpha value is -2.68. The van der Waals surface area contributed by atoms with Gasteiger partial charge in [0.2, 0.25) is 5.88 Å². The van der Waals surface area contributed by atoms with Gasteiger partial charge in [0.25, 0.3) is 11.5 Å². The van der Waals surface area contributed by atoms with Gasteiger partial charge in [0.1, 0.15) is 0 Å². The van der Waals surface area contributed by atoms with Gasteiger partial charge in [0.15, 0.2) is 5.69 Å². The summed E-state index contributed by atoms with van der Waals surface area (Å²) >= 11 is 0. The van der Waals surface area contributed by atoms with E-state index in [4.69, 9.17) is 4.74 Å². The number of fused-ring (bicyclic) bond motifs is 2. The van der Waals surface area contributed by atoms with Gasteiger partial charge in [0.05, 0.1) is 18.8 Å². The molecule has 2 aliphatic heterocycles. The van der Waals surface area contributed by atoms with E-state index in [-0.39, 0.29) is 17.5 Å². The van der Waals surface area contributed by atoms with E-state index in [0.717, 1.165) is 82.3 Å². The van der Waals surface area contributed by atoms with Gasteiger partial charge in [-0.3, -0.25) is 14.5 Å². The highest BCUT2D eigenvalue weighted by molar-refractivity contribution is 5.92. The van der Waals surface area contributed by atoms with Gasteiger partial charge in [-0.25, -0.2) is 9.36 Å². The normalized spacial score (nSPS) is 20.8. The van der Waals surface area contributed by atoms with Crippen LogP contribution in [0.15, 0.2) is 16.9 Å². The first-order chi connectivity index (χ1) is 15.7. The molecule has 1 unspecified atom stereocenters. The maximum Gasteiger partial charge on any atom is 0.271 e. The minimum Gasteiger partial charge on any atom is -0.478 e.